The van der Waals surface area contributed by atoms with Gasteiger partial charge in [0.1, 0.15) is 6.04 Å². The van der Waals surface area contributed by atoms with Crippen molar-refractivity contribution in [2.24, 2.45) is 0 Å². The fraction of sp³-hybridized carbons (Fsp3) is 0.455. The van der Waals surface area contributed by atoms with E-state index in [1.165, 1.54) is 4.88 Å². The summed E-state index contributed by atoms with van der Waals surface area (Å²) in [6.45, 7) is 3.14. The Kier molecular flexibility index (Phi) is 7.62. The summed E-state index contributed by atoms with van der Waals surface area (Å²) in [6.07, 6.45) is 3.27. The van der Waals surface area contributed by atoms with Crippen molar-refractivity contribution in [2.45, 2.75) is 31.7 Å². The molecule has 3 rings (SSSR count). The Morgan fingerprint density at radius 3 is 2.46 bits per heavy atom. The fourth-order valence-electron chi connectivity index (χ4n) is 3.42. The number of rotatable bonds is 8. The highest BCUT2D eigenvalue weighted by Gasteiger charge is 2.29. The molecule has 0 radical (unpaired) electrons. The molecule has 1 aliphatic rings. The Balaban J connectivity index is 1.56. The number of benzene rings is 1. The summed E-state index contributed by atoms with van der Waals surface area (Å²) in [4.78, 5) is 31.1. The predicted molar refractivity (Wildman–Crippen MR) is 113 cm³/mol. The SMILES string of the molecule is CN1CCN(C(=O)[C@@H](NC(=O)CCCCc2cccs2)c2ccccc2)CC1. The molecule has 0 aliphatic carbocycles. The number of thiophene rings is 1. The number of hydrogen-bond acceptors (Lipinski definition) is 4. The first-order chi connectivity index (χ1) is 13.6. The third-order valence-corrected chi connectivity index (χ3v) is 6.09. The van der Waals surface area contributed by atoms with Gasteiger partial charge in [0.05, 0.1) is 0 Å². The van der Waals surface area contributed by atoms with Crippen LogP contribution in [0.5, 0.6) is 0 Å². The third-order valence-electron chi connectivity index (χ3n) is 5.16. The second kappa shape index (κ2) is 10.4. The molecular formula is C22H29N3O2S. The zero-order chi connectivity index (χ0) is 19.8. The minimum atomic E-state index is -0.602. The third kappa shape index (κ3) is 5.91. The Hall–Kier alpha value is -2.18. The number of likely N-dealkylation sites (N-methyl/N-ethyl adjacent to an activating group) is 1. The maximum Gasteiger partial charge on any atom is 0.249 e. The smallest absolute Gasteiger partial charge is 0.249 e. The molecule has 1 atom stereocenters. The van der Waals surface area contributed by atoms with Crippen molar-refractivity contribution in [3.63, 3.8) is 0 Å². The van der Waals surface area contributed by atoms with E-state index in [4.69, 9.17) is 0 Å². The average molecular weight is 400 g/mol. The number of carbonyl (C=O) groups excluding carboxylic acids is 2. The number of hydrogen-bond donors (Lipinski definition) is 1. The van der Waals surface area contributed by atoms with Crippen LogP contribution in [-0.4, -0.2) is 54.8 Å². The average Bonchev–Trinajstić information content (AvgIpc) is 3.24. The van der Waals surface area contributed by atoms with Crippen LogP contribution in [0.15, 0.2) is 47.8 Å². The number of carbonyl (C=O) groups is 2. The van der Waals surface area contributed by atoms with Crippen molar-refractivity contribution in [2.75, 3.05) is 33.2 Å². The Bertz CT molecular complexity index is 740. The summed E-state index contributed by atoms with van der Waals surface area (Å²) in [5.74, 6) is -0.0613. The summed E-state index contributed by atoms with van der Waals surface area (Å²) in [5, 5.41) is 5.07. The molecule has 2 amide bonds. The van der Waals surface area contributed by atoms with E-state index in [2.05, 4.69) is 34.8 Å². The Morgan fingerprint density at radius 1 is 1.04 bits per heavy atom. The molecule has 1 aromatic heterocycles. The number of aryl methyl sites for hydroxylation is 1. The zero-order valence-corrected chi connectivity index (χ0v) is 17.3. The molecule has 28 heavy (non-hydrogen) atoms. The summed E-state index contributed by atoms with van der Waals surface area (Å²) in [6, 6.07) is 13.2. The zero-order valence-electron chi connectivity index (χ0n) is 16.5. The van der Waals surface area contributed by atoms with Gasteiger partial charge >= 0.3 is 0 Å². The van der Waals surface area contributed by atoms with Crippen LogP contribution in [0.2, 0.25) is 0 Å². The normalized spacial score (nSPS) is 16.0. The van der Waals surface area contributed by atoms with Gasteiger partial charge in [0.15, 0.2) is 0 Å². The van der Waals surface area contributed by atoms with Gasteiger partial charge in [-0.2, -0.15) is 0 Å². The number of unbranched alkanes of at least 4 members (excludes halogenated alkanes) is 1. The highest BCUT2D eigenvalue weighted by atomic mass is 32.1. The highest BCUT2D eigenvalue weighted by Crippen LogP contribution is 2.18. The minimum Gasteiger partial charge on any atom is -0.341 e. The van der Waals surface area contributed by atoms with Gasteiger partial charge in [-0.25, -0.2) is 0 Å². The van der Waals surface area contributed by atoms with E-state index < -0.39 is 6.04 Å². The summed E-state index contributed by atoms with van der Waals surface area (Å²) >= 11 is 1.76. The molecule has 0 saturated carbocycles. The van der Waals surface area contributed by atoms with Crippen molar-refractivity contribution in [3.8, 4) is 0 Å². The van der Waals surface area contributed by atoms with E-state index in [1.54, 1.807) is 11.3 Å². The van der Waals surface area contributed by atoms with Gasteiger partial charge in [-0.15, -0.1) is 11.3 Å². The molecule has 6 heteroatoms. The van der Waals surface area contributed by atoms with Crippen molar-refractivity contribution in [1.29, 1.82) is 0 Å². The lowest BCUT2D eigenvalue weighted by Gasteiger charge is -2.35. The van der Waals surface area contributed by atoms with Crippen LogP contribution in [0, 0.1) is 0 Å². The lowest BCUT2D eigenvalue weighted by molar-refractivity contribution is -0.138. The number of nitrogens with one attached hydrogen (secondary N) is 1. The molecule has 1 fully saturated rings. The molecule has 0 bridgehead atoms. The molecule has 1 aliphatic heterocycles. The van der Waals surface area contributed by atoms with Crippen LogP contribution in [0.4, 0.5) is 0 Å². The van der Waals surface area contributed by atoms with Crippen LogP contribution in [0.1, 0.15) is 35.7 Å². The highest BCUT2D eigenvalue weighted by molar-refractivity contribution is 7.09. The van der Waals surface area contributed by atoms with Gasteiger partial charge in [-0.05, 0) is 43.3 Å². The number of piperazine rings is 1. The first-order valence-corrected chi connectivity index (χ1v) is 10.9. The van der Waals surface area contributed by atoms with Gasteiger partial charge in [-0.1, -0.05) is 36.4 Å². The van der Waals surface area contributed by atoms with Gasteiger partial charge in [0, 0.05) is 37.5 Å². The molecule has 0 spiro atoms. The number of nitrogens with zero attached hydrogens (tertiary/aromatic N) is 2. The molecule has 0 unspecified atom stereocenters. The van der Waals surface area contributed by atoms with E-state index in [9.17, 15) is 9.59 Å². The quantitative estimate of drug-likeness (QED) is 0.694. The first kappa shape index (κ1) is 20.6. The van der Waals surface area contributed by atoms with E-state index in [0.717, 1.165) is 37.9 Å². The first-order valence-electron chi connectivity index (χ1n) is 9.97. The number of amides is 2. The van der Waals surface area contributed by atoms with Crippen LogP contribution in [-0.2, 0) is 16.0 Å². The van der Waals surface area contributed by atoms with E-state index in [0.29, 0.717) is 19.5 Å². The van der Waals surface area contributed by atoms with Crippen LogP contribution in [0.3, 0.4) is 0 Å². The largest absolute Gasteiger partial charge is 0.341 e. The molecular weight excluding hydrogens is 370 g/mol. The van der Waals surface area contributed by atoms with Gasteiger partial charge < -0.3 is 15.1 Å². The lowest BCUT2D eigenvalue weighted by atomic mass is 10.0. The van der Waals surface area contributed by atoms with Crippen molar-refractivity contribution in [3.05, 3.63) is 58.3 Å². The fourth-order valence-corrected chi connectivity index (χ4v) is 4.17. The second-order valence-electron chi connectivity index (χ2n) is 7.33. The molecule has 150 valence electrons. The maximum absolute atomic E-state index is 13.1. The topological polar surface area (TPSA) is 52.6 Å². The van der Waals surface area contributed by atoms with Gasteiger partial charge in [0.25, 0.3) is 0 Å². The van der Waals surface area contributed by atoms with E-state index in [-0.39, 0.29) is 11.8 Å². The molecule has 1 aromatic carbocycles. The predicted octanol–water partition coefficient (Wildman–Crippen LogP) is 3.09. The van der Waals surface area contributed by atoms with Crippen LogP contribution in [0.25, 0.3) is 0 Å². The molecule has 1 N–H and O–H groups in total. The minimum absolute atomic E-state index is 0.00812. The maximum atomic E-state index is 13.1. The standard InChI is InChI=1S/C22H29N3O2S/c1-24-13-15-25(16-14-24)22(27)21(18-8-3-2-4-9-18)23-20(26)12-6-5-10-19-11-7-17-28-19/h2-4,7-9,11,17,21H,5-6,10,12-16H2,1H3,(H,23,26)/t21-/m0/s1. The Labute approximate surface area is 171 Å². The van der Waals surface area contributed by atoms with Crippen molar-refractivity contribution < 1.29 is 9.59 Å². The molecule has 5 nitrogen and oxygen atoms in total. The van der Waals surface area contributed by atoms with E-state index >= 15 is 0 Å². The van der Waals surface area contributed by atoms with Crippen molar-refractivity contribution in [1.82, 2.24) is 15.1 Å². The van der Waals surface area contributed by atoms with Gasteiger partial charge in [-0.3, -0.25) is 9.59 Å². The summed E-state index contributed by atoms with van der Waals surface area (Å²) in [7, 11) is 2.06. The van der Waals surface area contributed by atoms with Gasteiger partial charge in [0.2, 0.25) is 11.8 Å². The molecule has 2 heterocycles. The lowest BCUT2D eigenvalue weighted by Crippen LogP contribution is -2.51. The monoisotopic (exact) mass is 399 g/mol. The Morgan fingerprint density at radius 2 is 1.79 bits per heavy atom. The molecule has 1 saturated heterocycles. The van der Waals surface area contributed by atoms with Crippen LogP contribution < -0.4 is 5.32 Å². The second-order valence-corrected chi connectivity index (χ2v) is 8.36. The molecule has 2 aromatic rings. The van der Waals surface area contributed by atoms with Crippen molar-refractivity contribution >= 4 is 23.2 Å². The summed E-state index contributed by atoms with van der Waals surface area (Å²) in [5.41, 5.74) is 0.846. The van der Waals surface area contributed by atoms with E-state index in [1.807, 2.05) is 35.2 Å². The van der Waals surface area contributed by atoms with Crippen LogP contribution >= 0.6 is 11.3 Å². The summed E-state index contributed by atoms with van der Waals surface area (Å²) < 4.78 is 0.